The first kappa shape index (κ1) is 145. The maximum atomic E-state index is 12.6. The van der Waals surface area contributed by atoms with Crippen LogP contribution in [0.3, 0.4) is 0 Å². The number of phenols is 4. The number of allylic oxidation sites excluding steroid dienone is 4. The summed E-state index contributed by atoms with van der Waals surface area (Å²) in [5, 5.41) is 64.4. The summed E-state index contributed by atoms with van der Waals surface area (Å²) in [6.45, 7) is 84.6. The van der Waals surface area contributed by atoms with Gasteiger partial charge in [-0.05, 0) is 350 Å². The Labute approximate surface area is 925 Å². The fraction of sp³-hybridized carbons (Fsp3) is 0.797. The Balaban J connectivity index is 0. The molecule has 3 aromatic rings. The molecule has 18 heteroatoms. The number of ketones is 2. The van der Waals surface area contributed by atoms with Gasteiger partial charge in [0.15, 0.2) is 11.6 Å². The van der Waals surface area contributed by atoms with E-state index in [9.17, 15) is 49.8 Å². The molecule has 13 atom stereocenters. The van der Waals surface area contributed by atoms with Crippen LogP contribution in [-0.2, 0) is 46.2 Å². The second kappa shape index (κ2) is 76.3. The third-order valence-corrected chi connectivity index (χ3v) is 34.4. The van der Waals surface area contributed by atoms with Crippen molar-refractivity contribution >= 4 is 77.3 Å². The molecule has 0 saturated heterocycles. The molecule has 0 heterocycles. The summed E-state index contributed by atoms with van der Waals surface area (Å²) >= 11 is 2.49. The number of thioether (sulfide) groups is 2. The molecule has 0 radical (unpaired) electrons. The number of ether oxygens (including phenoxy) is 2. The standard InChI is InChI=1S/C35H62O3S.C29H52O3.C29H50O3.C25H50O2S.C10H14O.3ClH.Fe/c1-23(2)16-13-17-25(5)18-14-19-26(6)20-15-21-35(12,38-31(11)36)22-32(39-24(3)4)33-29(9)27(7)28(8)30(10)34(33)37;2*1-20(2)12-9-13-21(3)14-10-15-22(4)16-11-18-29(8,32)19-17-26-25(7)27(30)23(5)24(6)28(26)31;1-20(2)12-9-13-22(5)14-10-15-23(6)16-11-17-25(8,27-24(7)26)18-19-28-21(3)4;1-6-5-10(11)9(4)8(3)7(6)2;;;;/h23-26,32,37H,13-22H2,1-12H3;20-22,30-32H,9-19H2,1-8H3;20-22,32H,9-19H2,1-8H3;20-23H,9-19H2,1-8H3;5,11H,1-4H3;3*1H;/q;;;;;;;;+3/p-3/t25-,26-,32?,35-;2*21-,22-,29-;22-,23-,25-;;;;;/m1111...../s1. The van der Waals surface area contributed by atoms with Gasteiger partial charge >= 0.3 is 53.4 Å². The third kappa shape index (κ3) is 64.2. The van der Waals surface area contributed by atoms with Crippen LogP contribution in [0.5, 0.6) is 23.0 Å². The number of aliphatic hydroxyl groups is 2. The van der Waals surface area contributed by atoms with E-state index >= 15 is 0 Å². The zero-order valence-electron chi connectivity index (χ0n) is 102. The SMILES string of the molecule is CC(=O)O[C@](C)(CCC[C@H](C)CCC[C@H](C)CCCC(C)C)CC(SC(C)C)c1c(C)c(C)c(C)c(C)c1O.CC(=O)O[C@](C)(CCC[C@H](C)CCC[C@H](C)CCCC(C)C)CCSC(C)C.CC1=C(C)C(=O)C(CC[C@](C)(O)CCC[C@H](C)CCC[C@H](C)CCCC(C)C)=C(C)C1=O.Cc1c(C)c(O)c(CC[C@](C)(O)CCC[C@H](C)CCC[C@H](C)CCCC(C)C)c(C)c1O.Cc1cc(O)c(C)c(C)c1C.[Cl][Fe]([Cl])[Cl]. The van der Waals surface area contributed by atoms with Crippen LogP contribution in [0.1, 0.15) is 542 Å². The molecular weight excluding hydrogens is 1960 g/mol. The van der Waals surface area contributed by atoms with Crippen LogP contribution in [0.2, 0.25) is 0 Å². The summed E-state index contributed by atoms with van der Waals surface area (Å²) in [5.74, 6) is 11.5. The fourth-order valence-electron chi connectivity index (χ4n) is 20.7. The van der Waals surface area contributed by atoms with Gasteiger partial charge in [0.25, 0.3) is 0 Å². The number of hydrogen-bond acceptors (Lipinski definition) is 14. The molecule has 0 amide bonds. The average Bonchev–Trinajstić information content (AvgIpc) is 0.775. The van der Waals surface area contributed by atoms with Gasteiger partial charge in [0.2, 0.25) is 0 Å². The van der Waals surface area contributed by atoms with Gasteiger partial charge in [-0.2, -0.15) is 23.5 Å². The van der Waals surface area contributed by atoms with Crippen LogP contribution >= 0.6 is 53.8 Å². The minimum atomic E-state index is -1.33. The number of benzene rings is 3. The van der Waals surface area contributed by atoms with Crippen LogP contribution in [0.4, 0.5) is 0 Å². The van der Waals surface area contributed by atoms with Crippen molar-refractivity contribution < 1.29 is 70.5 Å². The van der Waals surface area contributed by atoms with Crippen molar-refractivity contribution in [2.24, 2.45) is 71.0 Å². The molecule has 6 N–H and O–H groups in total. The summed E-state index contributed by atoms with van der Waals surface area (Å²) in [5.41, 5.74) is 13.0. The Morgan fingerprint density at radius 1 is 0.336 bits per heavy atom. The quantitative estimate of drug-likeness (QED) is 0.0135. The van der Waals surface area contributed by atoms with Crippen LogP contribution in [0.25, 0.3) is 0 Å². The molecule has 1 unspecified atom stereocenters. The number of rotatable bonds is 65. The fourth-order valence-corrected chi connectivity index (χ4v) is 23.2. The van der Waals surface area contributed by atoms with E-state index in [4.69, 9.17) is 39.8 Å². The first-order chi connectivity index (χ1) is 67.6. The van der Waals surface area contributed by atoms with Gasteiger partial charge in [-0.15, -0.1) is 0 Å². The molecule has 4 rings (SSSR count). The number of halogens is 3. The minimum absolute atomic E-state index is 0.0255. The Hall–Kier alpha value is -3.37. The van der Waals surface area contributed by atoms with Gasteiger partial charge in [-0.1, -0.05) is 331 Å². The van der Waals surface area contributed by atoms with E-state index in [1.165, 1.54) is 184 Å². The molecule has 0 bridgehead atoms. The van der Waals surface area contributed by atoms with Crippen molar-refractivity contribution in [2.45, 2.75) is 585 Å². The molecule has 0 aromatic heterocycles. The molecule has 1 aliphatic carbocycles. The van der Waals surface area contributed by atoms with Crippen LogP contribution in [-0.4, -0.2) is 92.8 Å². The number of Topliss-reactive ketones (excluding diaryl/α,β-unsaturated/α-hetero) is 2. The number of esters is 2. The molecule has 3 aromatic carbocycles. The molecule has 0 fully saturated rings. The maximum absolute atomic E-state index is 12.6. The molecule has 1 aliphatic rings. The van der Waals surface area contributed by atoms with Crippen molar-refractivity contribution in [3.05, 3.63) is 101 Å². The van der Waals surface area contributed by atoms with Crippen LogP contribution in [0, 0.1) is 147 Å². The number of hydrogen-bond donors (Lipinski definition) is 6. The van der Waals surface area contributed by atoms with Gasteiger partial charge in [0.1, 0.15) is 34.2 Å². The predicted octanol–water partition coefficient (Wildman–Crippen LogP) is 39.8. The van der Waals surface area contributed by atoms with Gasteiger partial charge in [0.05, 0.1) is 11.2 Å². The zero-order valence-corrected chi connectivity index (χ0v) is 107. The van der Waals surface area contributed by atoms with E-state index in [1.54, 1.807) is 27.7 Å². The third-order valence-electron chi connectivity index (χ3n) is 32.0. The topological polar surface area (TPSA) is 208 Å². The summed E-state index contributed by atoms with van der Waals surface area (Å²) < 4.78 is 11.8. The summed E-state index contributed by atoms with van der Waals surface area (Å²) in [6, 6.07) is 1.82. The van der Waals surface area contributed by atoms with Gasteiger partial charge in [-0.25, -0.2) is 0 Å². The van der Waals surface area contributed by atoms with E-state index < -0.39 is 28.0 Å². The molecule has 0 spiro atoms. The molecule has 0 aliphatic heterocycles. The number of aromatic hydroxyl groups is 4. The number of carbonyl (C=O) groups excluding carboxylic acids is 4. The molecular formula is C128H228Cl3FeO12S2. The summed E-state index contributed by atoms with van der Waals surface area (Å²) in [7, 11) is 14.7. The Kier molecular flexibility index (Phi) is 75.6. The number of aryl methyl sites for hydroxylation is 1. The number of carbonyl (C=O) groups is 4. The average molecular weight is 2190 g/mol. The first-order valence-corrected chi connectivity index (χ1v) is 64.4. The zero-order chi connectivity index (χ0) is 113. The molecule has 12 nitrogen and oxygen atoms in total. The molecule has 146 heavy (non-hydrogen) atoms. The van der Waals surface area contributed by atoms with E-state index in [0.717, 1.165) is 192 Å². The Morgan fingerprint density at radius 3 is 0.973 bits per heavy atom. The van der Waals surface area contributed by atoms with E-state index in [0.29, 0.717) is 94.1 Å². The monoisotopic (exact) mass is 2180 g/mol. The van der Waals surface area contributed by atoms with Gasteiger partial charge in [0, 0.05) is 58.9 Å². The summed E-state index contributed by atoms with van der Waals surface area (Å²) in [6.07, 6.45) is 48.3. The van der Waals surface area contributed by atoms with E-state index in [-0.39, 0.29) is 45.9 Å². The Bertz CT molecular complexity index is 4130. The first-order valence-electron chi connectivity index (χ1n) is 57.9. The second-order valence-corrected chi connectivity index (χ2v) is 58.6. The molecule has 853 valence electrons. The van der Waals surface area contributed by atoms with E-state index in [2.05, 4.69) is 180 Å². The van der Waals surface area contributed by atoms with Crippen molar-refractivity contribution in [3.63, 3.8) is 0 Å². The van der Waals surface area contributed by atoms with Crippen molar-refractivity contribution in [1.82, 2.24) is 0 Å². The van der Waals surface area contributed by atoms with Gasteiger partial charge < -0.3 is 40.1 Å². The van der Waals surface area contributed by atoms with Crippen molar-refractivity contribution in [1.29, 1.82) is 0 Å². The van der Waals surface area contributed by atoms with Crippen molar-refractivity contribution in [2.75, 3.05) is 5.75 Å². The van der Waals surface area contributed by atoms with Crippen LogP contribution in [0.15, 0.2) is 28.4 Å². The van der Waals surface area contributed by atoms with E-state index in [1.807, 2.05) is 91.9 Å². The van der Waals surface area contributed by atoms with Crippen molar-refractivity contribution in [3.8, 4) is 23.0 Å². The Morgan fingerprint density at radius 2 is 0.630 bits per heavy atom. The number of phenolic OH excluding ortho intramolecular Hbond substituents is 4. The molecule has 0 saturated carbocycles. The predicted molar refractivity (Wildman–Crippen MR) is 637 cm³/mol. The van der Waals surface area contributed by atoms with Gasteiger partial charge in [-0.3, -0.25) is 19.2 Å². The summed E-state index contributed by atoms with van der Waals surface area (Å²) in [4.78, 5) is 48.7. The van der Waals surface area contributed by atoms with Crippen LogP contribution < -0.4 is 0 Å². The second-order valence-electron chi connectivity index (χ2n) is 49.6. The normalized spacial score (nSPS) is 16.0.